The maximum absolute atomic E-state index is 5.90. The number of nitrogens with zero attached hydrogens (tertiary/aromatic N) is 2. The van der Waals surface area contributed by atoms with Crippen molar-refractivity contribution in [1.29, 1.82) is 0 Å². The van der Waals surface area contributed by atoms with Gasteiger partial charge in [-0.2, -0.15) is 0 Å². The molecule has 0 atom stereocenters. The first kappa shape index (κ1) is 16.3. The molecule has 1 aromatic carbocycles. The van der Waals surface area contributed by atoms with Crippen molar-refractivity contribution in [2.45, 2.75) is 20.4 Å². The highest BCUT2D eigenvalue weighted by atomic mass is 16.5. The molecule has 0 spiro atoms. The van der Waals surface area contributed by atoms with Crippen LogP contribution in [0.5, 0.6) is 5.75 Å². The minimum atomic E-state index is 0.775. The van der Waals surface area contributed by atoms with Gasteiger partial charge >= 0.3 is 0 Å². The molecule has 4 nitrogen and oxygen atoms in total. The molecular formula is C17H29N3O. The molecule has 0 bridgehead atoms. The fourth-order valence-corrected chi connectivity index (χ4v) is 2.64. The number of hydrogen-bond donors (Lipinski definition) is 1. The van der Waals surface area contributed by atoms with E-state index in [4.69, 9.17) is 4.74 Å². The second-order valence-electron chi connectivity index (χ2n) is 5.55. The van der Waals surface area contributed by atoms with Gasteiger partial charge in [0.05, 0.1) is 0 Å². The average molecular weight is 291 g/mol. The minimum absolute atomic E-state index is 0.775. The summed E-state index contributed by atoms with van der Waals surface area (Å²) in [4.78, 5) is 5.00. The van der Waals surface area contributed by atoms with E-state index in [9.17, 15) is 0 Å². The Morgan fingerprint density at radius 1 is 1.10 bits per heavy atom. The fraction of sp³-hybridized carbons (Fsp3) is 0.647. The van der Waals surface area contributed by atoms with Crippen LogP contribution in [-0.4, -0.2) is 62.2 Å². The van der Waals surface area contributed by atoms with Gasteiger partial charge in [0.15, 0.2) is 0 Å². The summed E-state index contributed by atoms with van der Waals surface area (Å²) in [6.45, 7) is 13.9. The van der Waals surface area contributed by atoms with E-state index in [-0.39, 0.29) is 0 Å². The van der Waals surface area contributed by atoms with Gasteiger partial charge < -0.3 is 15.0 Å². The summed E-state index contributed by atoms with van der Waals surface area (Å²) in [6.07, 6.45) is 0. The summed E-state index contributed by atoms with van der Waals surface area (Å²) in [6, 6.07) is 8.39. The lowest BCUT2D eigenvalue weighted by Gasteiger charge is -2.33. The van der Waals surface area contributed by atoms with Crippen LogP contribution in [-0.2, 0) is 6.54 Å². The molecule has 0 unspecified atom stereocenters. The fourth-order valence-electron chi connectivity index (χ4n) is 2.64. The van der Waals surface area contributed by atoms with Gasteiger partial charge in [-0.3, -0.25) is 4.90 Å². The molecule has 1 N–H and O–H groups in total. The third-order valence-corrected chi connectivity index (χ3v) is 4.07. The molecule has 0 aliphatic carbocycles. The Morgan fingerprint density at radius 2 is 1.86 bits per heavy atom. The van der Waals surface area contributed by atoms with Gasteiger partial charge in [-0.1, -0.05) is 26.0 Å². The number of benzene rings is 1. The molecule has 1 aliphatic heterocycles. The number of likely N-dealkylation sites (N-methyl/N-ethyl adjacent to an activating group) is 1. The summed E-state index contributed by atoms with van der Waals surface area (Å²) in [5.41, 5.74) is 1.28. The van der Waals surface area contributed by atoms with Gasteiger partial charge in [0.2, 0.25) is 0 Å². The number of ether oxygens (including phenoxy) is 1. The second kappa shape index (κ2) is 9.03. The molecule has 1 saturated heterocycles. The molecule has 0 saturated carbocycles. The molecule has 21 heavy (non-hydrogen) atoms. The van der Waals surface area contributed by atoms with Gasteiger partial charge in [-0.15, -0.1) is 0 Å². The van der Waals surface area contributed by atoms with Gasteiger partial charge in [-0.05, 0) is 30.8 Å². The smallest absolute Gasteiger partial charge is 0.119 e. The maximum atomic E-state index is 5.90. The van der Waals surface area contributed by atoms with Gasteiger partial charge in [0, 0.05) is 39.3 Å². The summed E-state index contributed by atoms with van der Waals surface area (Å²) < 4.78 is 5.90. The zero-order chi connectivity index (χ0) is 14.9. The van der Waals surface area contributed by atoms with Crippen LogP contribution in [0.4, 0.5) is 0 Å². The molecule has 0 aromatic heterocycles. The minimum Gasteiger partial charge on any atom is -0.492 e. The molecule has 0 amide bonds. The maximum Gasteiger partial charge on any atom is 0.119 e. The standard InChI is InChI=1S/C17H29N3O/c1-3-18-15-16-6-5-7-17(14-16)21-13-12-20-10-8-19(4-2)9-11-20/h5-7,14,18H,3-4,8-13,15H2,1-2H3. The largest absolute Gasteiger partial charge is 0.492 e. The van der Waals surface area contributed by atoms with Crippen LogP contribution in [0.25, 0.3) is 0 Å². The average Bonchev–Trinajstić information content (AvgIpc) is 2.54. The highest BCUT2D eigenvalue weighted by molar-refractivity contribution is 5.28. The summed E-state index contributed by atoms with van der Waals surface area (Å²) in [5, 5.41) is 3.34. The quantitative estimate of drug-likeness (QED) is 0.790. The third kappa shape index (κ3) is 5.65. The van der Waals surface area contributed by atoms with E-state index in [1.807, 2.05) is 6.07 Å². The van der Waals surface area contributed by atoms with Crippen molar-refractivity contribution in [3.8, 4) is 5.75 Å². The van der Waals surface area contributed by atoms with Crippen molar-refractivity contribution in [2.24, 2.45) is 0 Å². The van der Waals surface area contributed by atoms with Crippen LogP contribution in [0.3, 0.4) is 0 Å². The van der Waals surface area contributed by atoms with E-state index in [2.05, 4.69) is 47.2 Å². The predicted molar refractivity (Wildman–Crippen MR) is 87.9 cm³/mol. The zero-order valence-electron chi connectivity index (χ0n) is 13.5. The molecule has 0 radical (unpaired) electrons. The Morgan fingerprint density at radius 3 is 2.57 bits per heavy atom. The molecule has 1 aromatic rings. The molecule has 118 valence electrons. The summed E-state index contributed by atoms with van der Waals surface area (Å²) in [7, 11) is 0. The van der Waals surface area contributed by atoms with Crippen molar-refractivity contribution >= 4 is 0 Å². The van der Waals surface area contributed by atoms with Gasteiger partial charge in [0.25, 0.3) is 0 Å². The zero-order valence-corrected chi connectivity index (χ0v) is 13.5. The van der Waals surface area contributed by atoms with Crippen molar-refractivity contribution in [3.63, 3.8) is 0 Å². The number of nitrogens with one attached hydrogen (secondary N) is 1. The molecular weight excluding hydrogens is 262 g/mol. The first-order valence-electron chi connectivity index (χ1n) is 8.19. The first-order chi connectivity index (χ1) is 10.3. The normalized spacial score (nSPS) is 17.0. The molecule has 1 fully saturated rings. The predicted octanol–water partition coefficient (Wildman–Crippen LogP) is 1.81. The first-order valence-corrected chi connectivity index (χ1v) is 8.19. The highest BCUT2D eigenvalue weighted by Gasteiger charge is 2.14. The Labute approximate surface area is 129 Å². The SMILES string of the molecule is CCNCc1cccc(OCCN2CCN(CC)CC2)c1. The van der Waals surface area contributed by atoms with Gasteiger partial charge in [0.1, 0.15) is 12.4 Å². The van der Waals surface area contributed by atoms with Crippen LogP contribution in [0.1, 0.15) is 19.4 Å². The van der Waals surface area contributed by atoms with Crippen molar-refractivity contribution in [3.05, 3.63) is 29.8 Å². The number of hydrogen-bond acceptors (Lipinski definition) is 4. The lowest BCUT2D eigenvalue weighted by Crippen LogP contribution is -2.47. The third-order valence-electron chi connectivity index (χ3n) is 4.07. The van der Waals surface area contributed by atoms with Crippen LogP contribution in [0.2, 0.25) is 0 Å². The second-order valence-corrected chi connectivity index (χ2v) is 5.55. The van der Waals surface area contributed by atoms with Gasteiger partial charge in [-0.25, -0.2) is 0 Å². The molecule has 1 heterocycles. The monoisotopic (exact) mass is 291 g/mol. The Kier molecular flexibility index (Phi) is 7.00. The lowest BCUT2D eigenvalue weighted by molar-refractivity contribution is 0.121. The number of rotatable bonds is 8. The molecule has 1 aliphatic rings. The van der Waals surface area contributed by atoms with Crippen molar-refractivity contribution in [1.82, 2.24) is 15.1 Å². The van der Waals surface area contributed by atoms with Crippen LogP contribution >= 0.6 is 0 Å². The van der Waals surface area contributed by atoms with E-state index < -0.39 is 0 Å². The Bertz CT molecular complexity index is 403. The summed E-state index contributed by atoms with van der Waals surface area (Å²) >= 11 is 0. The van der Waals surface area contributed by atoms with Crippen LogP contribution in [0, 0.1) is 0 Å². The highest BCUT2D eigenvalue weighted by Crippen LogP contribution is 2.13. The van der Waals surface area contributed by atoms with E-state index >= 15 is 0 Å². The topological polar surface area (TPSA) is 27.7 Å². The van der Waals surface area contributed by atoms with Crippen LogP contribution in [0.15, 0.2) is 24.3 Å². The van der Waals surface area contributed by atoms with Crippen LogP contribution < -0.4 is 10.1 Å². The van der Waals surface area contributed by atoms with E-state index in [0.29, 0.717) is 0 Å². The molecule has 4 heteroatoms. The van der Waals surface area contributed by atoms with E-state index in [1.165, 1.54) is 25.2 Å². The molecule has 2 rings (SSSR count). The van der Waals surface area contributed by atoms with E-state index in [1.54, 1.807) is 0 Å². The van der Waals surface area contributed by atoms with Crippen molar-refractivity contribution < 1.29 is 4.74 Å². The Balaban J connectivity index is 1.68. The van der Waals surface area contributed by atoms with E-state index in [0.717, 1.165) is 45.1 Å². The number of piperazine rings is 1. The summed E-state index contributed by atoms with van der Waals surface area (Å²) in [5.74, 6) is 0.984. The lowest BCUT2D eigenvalue weighted by atomic mass is 10.2. The van der Waals surface area contributed by atoms with Crippen molar-refractivity contribution in [2.75, 3.05) is 52.4 Å². The Hall–Kier alpha value is -1.10.